The van der Waals surface area contributed by atoms with Crippen LogP contribution in [0, 0.1) is 6.92 Å². The lowest BCUT2D eigenvalue weighted by Gasteiger charge is -2.34. The second kappa shape index (κ2) is 14.7. The fraction of sp³-hybridized carbons (Fsp3) is 0.375. The SMILES string of the molecule is CCC(C)NC(=O)C(Cc1ccccc1)N(Cc1cccc(C)c1)C(=O)CN(c1ccc(OC)cc1OC)S(C)(=O)=O. The van der Waals surface area contributed by atoms with Gasteiger partial charge in [0.2, 0.25) is 21.8 Å². The molecule has 3 rings (SSSR count). The van der Waals surface area contributed by atoms with Crippen molar-refractivity contribution in [2.45, 2.75) is 52.2 Å². The number of amides is 2. The highest BCUT2D eigenvalue weighted by Crippen LogP contribution is 2.34. The van der Waals surface area contributed by atoms with Gasteiger partial charge >= 0.3 is 0 Å². The number of rotatable bonds is 14. The number of ether oxygens (including phenoxy) is 2. The quantitative estimate of drug-likeness (QED) is 0.298. The minimum Gasteiger partial charge on any atom is -0.497 e. The molecule has 226 valence electrons. The molecule has 9 nitrogen and oxygen atoms in total. The maximum absolute atomic E-state index is 14.3. The monoisotopic (exact) mass is 595 g/mol. The van der Waals surface area contributed by atoms with Crippen LogP contribution in [0.4, 0.5) is 5.69 Å². The summed E-state index contributed by atoms with van der Waals surface area (Å²) in [7, 11) is -1.03. The van der Waals surface area contributed by atoms with Gasteiger partial charge in [-0.3, -0.25) is 13.9 Å². The number of nitrogens with zero attached hydrogens (tertiary/aromatic N) is 2. The zero-order chi connectivity index (χ0) is 30.9. The fourth-order valence-corrected chi connectivity index (χ4v) is 5.44. The van der Waals surface area contributed by atoms with Gasteiger partial charge in [0, 0.05) is 25.1 Å². The summed E-state index contributed by atoms with van der Waals surface area (Å²) < 4.78 is 37.9. The second-order valence-electron chi connectivity index (χ2n) is 10.3. The van der Waals surface area contributed by atoms with Crippen molar-refractivity contribution in [3.63, 3.8) is 0 Å². The van der Waals surface area contributed by atoms with E-state index in [9.17, 15) is 18.0 Å². The number of hydrogen-bond donors (Lipinski definition) is 1. The molecule has 0 fully saturated rings. The summed E-state index contributed by atoms with van der Waals surface area (Å²) in [4.78, 5) is 29.5. The highest BCUT2D eigenvalue weighted by molar-refractivity contribution is 7.92. The van der Waals surface area contributed by atoms with Crippen molar-refractivity contribution >= 4 is 27.5 Å². The molecular formula is C32H41N3O6S. The average Bonchev–Trinajstić information content (AvgIpc) is 2.97. The number of benzene rings is 3. The van der Waals surface area contributed by atoms with Crippen LogP contribution >= 0.6 is 0 Å². The van der Waals surface area contributed by atoms with Crippen LogP contribution < -0.4 is 19.1 Å². The third-order valence-electron chi connectivity index (χ3n) is 7.04. The third-order valence-corrected chi connectivity index (χ3v) is 8.17. The molecule has 0 aromatic heterocycles. The Balaban J connectivity index is 2.10. The molecule has 0 saturated heterocycles. The maximum Gasteiger partial charge on any atom is 0.244 e. The van der Waals surface area contributed by atoms with E-state index >= 15 is 0 Å². The molecule has 0 saturated carbocycles. The summed E-state index contributed by atoms with van der Waals surface area (Å²) >= 11 is 0. The average molecular weight is 596 g/mol. The topological polar surface area (TPSA) is 105 Å². The molecule has 3 aromatic carbocycles. The first-order valence-electron chi connectivity index (χ1n) is 13.9. The minimum absolute atomic E-state index is 0.109. The largest absolute Gasteiger partial charge is 0.497 e. The summed E-state index contributed by atoms with van der Waals surface area (Å²) in [6.45, 7) is 5.41. The van der Waals surface area contributed by atoms with Gasteiger partial charge in [-0.2, -0.15) is 0 Å². The predicted molar refractivity (Wildman–Crippen MR) is 165 cm³/mol. The van der Waals surface area contributed by atoms with E-state index in [1.165, 1.54) is 25.2 Å². The van der Waals surface area contributed by atoms with E-state index < -0.39 is 28.5 Å². The molecular weight excluding hydrogens is 554 g/mol. The van der Waals surface area contributed by atoms with Gasteiger partial charge in [0.15, 0.2) is 0 Å². The van der Waals surface area contributed by atoms with Crippen molar-refractivity contribution in [3.05, 3.63) is 89.5 Å². The molecule has 3 aromatic rings. The summed E-state index contributed by atoms with van der Waals surface area (Å²) in [5, 5.41) is 3.03. The number of anilines is 1. The number of aryl methyl sites for hydroxylation is 1. The molecule has 2 atom stereocenters. The van der Waals surface area contributed by atoms with Crippen molar-refractivity contribution in [2.75, 3.05) is 31.3 Å². The Morgan fingerprint density at radius 1 is 0.929 bits per heavy atom. The van der Waals surface area contributed by atoms with Crippen LogP contribution in [0.1, 0.15) is 37.0 Å². The summed E-state index contributed by atoms with van der Waals surface area (Å²) in [6.07, 6.45) is 2.01. The van der Waals surface area contributed by atoms with Crippen LogP contribution in [-0.2, 0) is 32.6 Å². The van der Waals surface area contributed by atoms with E-state index in [1.807, 2.05) is 75.4 Å². The second-order valence-corrected chi connectivity index (χ2v) is 12.2. The molecule has 10 heteroatoms. The molecule has 0 heterocycles. The summed E-state index contributed by atoms with van der Waals surface area (Å²) in [6, 6.07) is 20.8. The lowest BCUT2D eigenvalue weighted by atomic mass is 10.0. The number of hydrogen-bond acceptors (Lipinski definition) is 6. The normalized spacial score (nSPS) is 12.6. The van der Waals surface area contributed by atoms with Crippen molar-refractivity contribution in [1.29, 1.82) is 0 Å². The van der Waals surface area contributed by atoms with Gasteiger partial charge in [-0.1, -0.05) is 67.1 Å². The standard InChI is InChI=1S/C32H41N3O6S/c1-7-24(3)33-32(37)29(19-25-13-9-8-10-14-25)34(21-26-15-11-12-23(2)18-26)31(36)22-35(42(6,38)39)28-17-16-27(40-4)20-30(28)41-5/h8-18,20,24,29H,7,19,21-22H2,1-6H3,(H,33,37). The minimum atomic E-state index is -3.94. The zero-order valence-corrected chi connectivity index (χ0v) is 26.0. The number of nitrogens with one attached hydrogen (secondary N) is 1. The fourth-order valence-electron chi connectivity index (χ4n) is 4.59. The van der Waals surface area contributed by atoms with Gasteiger partial charge in [-0.05, 0) is 43.5 Å². The van der Waals surface area contributed by atoms with Gasteiger partial charge in [0.1, 0.15) is 24.1 Å². The van der Waals surface area contributed by atoms with Crippen LogP contribution in [0.25, 0.3) is 0 Å². The third kappa shape index (κ3) is 8.72. The Bertz CT molecular complexity index is 1460. The number of carbonyl (C=O) groups excluding carboxylic acids is 2. The maximum atomic E-state index is 14.3. The van der Waals surface area contributed by atoms with Crippen molar-refractivity contribution in [2.24, 2.45) is 0 Å². The van der Waals surface area contributed by atoms with E-state index in [-0.39, 0.29) is 36.4 Å². The number of carbonyl (C=O) groups is 2. The van der Waals surface area contributed by atoms with E-state index in [0.29, 0.717) is 5.75 Å². The van der Waals surface area contributed by atoms with E-state index in [0.717, 1.165) is 33.7 Å². The van der Waals surface area contributed by atoms with E-state index in [1.54, 1.807) is 12.1 Å². The first kappa shape index (κ1) is 32.5. The molecule has 0 radical (unpaired) electrons. The molecule has 0 bridgehead atoms. The first-order chi connectivity index (χ1) is 20.0. The molecule has 0 aliphatic carbocycles. The highest BCUT2D eigenvalue weighted by atomic mass is 32.2. The van der Waals surface area contributed by atoms with Crippen LogP contribution in [0.2, 0.25) is 0 Å². The highest BCUT2D eigenvalue weighted by Gasteiger charge is 2.34. The molecule has 1 N–H and O–H groups in total. The summed E-state index contributed by atoms with van der Waals surface area (Å²) in [5.74, 6) is -0.128. The molecule has 0 spiro atoms. The van der Waals surface area contributed by atoms with Crippen LogP contribution in [-0.4, -0.2) is 64.2 Å². The lowest BCUT2D eigenvalue weighted by Crippen LogP contribution is -2.54. The number of methoxy groups -OCH3 is 2. The Kier molecular flexibility index (Phi) is 11.4. The molecule has 0 aliphatic rings. The van der Waals surface area contributed by atoms with Gasteiger partial charge in [0.25, 0.3) is 0 Å². The molecule has 2 unspecified atom stereocenters. The zero-order valence-electron chi connectivity index (χ0n) is 25.2. The summed E-state index contributed by atoms with van der Waals surface area (Å²) in [5.41, 5.74) is 2.89. The van der Waals surface area contributed by atoms with Gasteiger partial charge in [-0.25, -0.2) is 8.42 Å². The van der Waals surface area contributed by atoms with Crippen molar-refractivity contribution < 1.29 is 27.5 Å². The Labute approximate surface area is 249 Å². The number of sulfonamides is 1. The Morgan fingerprint density at radius 3 is 2.21 bits per heavy atom. The van der Waals surface area contributed by atoms with Crippen LogP contribution in [0.5, 0.6) is 11.5 Å². The molecule has 42 heavy (non-hydrogen) atoms. The first-order valence-corrected chi connectivity index (χ1v) is 15.7. The Hall–Kier alpha value is -4.05. The van der Waals surface area contributed by atoms with Gasteiger partial charge < -0.3 is 19.7 Å². The van der Waals surface area contributed by atoms with Crippen LogP contribution in [0.3, 0.4) is 0 Å². The predicted octanol–water partition coefficient (Wildman–Crippen LogP) is 4.33. The van der Waals surface area contributed by atoms with Gasteiger partial charge in [0.05, 0.1) is 26.2 Å². The molecule has 0 aliphatic heterocycles. The van der Waals surface area contributed by atoms with Crippen LogP contribution in [0.15, 0.2) is 72.8 Å². The Morgan fingerprint density at radius 2 is 1.62 bits per heavy atom. The van der Waals surface area contributed by atoms with Crippen molar-refractivity contribution in [3.8, 4) is 11.5 Å². The van der Waals surface area contributed by atoms with Crippen molar-refractivity contribution in [1.82, 2.24) is 10.2 Å². The van der Waals surface area contributed by atoms with E-state index in [4.69, 9.17) is 9.47 Å². The van der Waals surface area contributed by atoms with E-state index in [2.05, 4.69) is 5.32 Å². The lowest BCUT2D eigenvalue weighted by molar-refractivity contribution is -0.140. The van der Waals surface area contributed by atoms with Gasteiger partial charge in [-0.15, -0.1) is 0 Å². The smallest absolute Gasteiger partial charge is 0.244 e. The molecule has 2 amide bonds.